The van der Waals surface area contributed by atoms with Crippen LogP contribution in [0.25, 0.3) is 0 Å². The van der Waals surface area contributed by atoms with E-state index in [1.807, 2.05) is 6.07 Å². The Bertz CT molecular complexity index is 856. The summed E-state index contributed by atoms with van der Waals surface area (Å²) in [6.45, 7) is -0.395. The highest BCUT2D eigenvalue weighted by molar-refractivity contribution is 7.89. The molecule has 2 rings (SSSR count). The van der Waals surface area contributed by atoms with Gasteiger partial charge in [-0.25, -0.2) is 12.8 Å². The minimum atomic E-state index is -4.09. The Morgan fingerprint density at radius 3 is 2.36 bits per heavy atom. The number of carbonyl (C=O) groups is 1. The Morgan fingerprint density at radius 2 is 1.76 bits per heavy atom. The van der Waals surface area contributed by atoms with Crippen LogP contribution in [0.15, 0.2) is 53.4 Å². The lowest BCUT2D eigenvalue weighted by atomic mass is 10.3. The molecule has 0 saturated heterocycles. The minimum Gasteiger partial charge on any atom is -0.495 e. The van der Waals surface area contributed by atoms with Crippen molar-refractivity contribution in [1.82, 2.24) is 4.31 Å². The quantitative estimate of drug-likeness (QED) is 0.785. The molecular formula is C17H19FN2O4S. The normalized spacial score (nSPS) is 11.4. The topological polar surface area (TPSA) is 66.9 Å². The molecule has 134 valence electrons. The number of amides is 1. The van der Waals surface area contributed by atoms with Gasteiger partial charge in [0, 0.05) is 19.8 Å². The molecule has 25 heavy (non-hydrogen) atoms. The van der Waals surface area contributed by atoms with Gasteiger partial charge in [0.1, 0.15) is 16.5 Å². The second kappa shape index (κ2) is 7.62. The van der Waals surface area contributed by atoms with Gasteiger partial charge in [-0.15, -0.1) is 0 Å². The van der Waals surface area contributed by atoms with Gasteiger partial charge in [-0.05, 0) is 30.3 Å². The predicted molar refractivity (Wildman–Crippen MR) is 92.6 cm³/mol. The highest BCUT2D eigenvalue weighted by Crippen LogP contribution is 2.27. The highest BCUT2D eigenvalue weighted by atomic mass is 32.2. The summed E-state index contributed by atoms with van der Waals surface area (Å²) in [6.07, 6.45) is 0. The molecule has 0 bridgehead atoms. The maximum atomic E-state index is 13.5. The van der Waals surface area contributed by atoms with Crippen molar-refractivity contribution in [3.8, 4) is 5.75 Å². The summed E-state index contributed by atoms with van der Waals surface area (Å²) in [5, 5.41) is 0. The fourth-order valence-corrected chi connectivity index (χ4v) is 3.48. The average Bonchev–Trinajstić information content (AvgIpc) is 2.61. The summed E-state index contributed by atoms with van der Waals surface area (Å²) in [5.74, 6) is -1.12. The van der Waals surface area contributed by atoms with E-state index in [0.29, 0.717) is 5.69 Å². The van der Waals surface area contributed by atoms with Gasteiger partial charge in [0.05, 0.1) is 13.7 Å². The van der Waals surface area contributed by atoms with Crippen molar-refractivity contribution in [3.63, 3.8) is 0 Å². The number of benzene rings is 2. The van der Waals surface area contributed by atoms with Crippen LogP contribution in [0.3, 0.4) is 0 Å². The maximum absolute atomic E-state index is 13.5. The molecule has 2 aromatic rings. The number of para-hydroxylation sites is 1. The van der Waals surface area contributed by atoms with E-state index in [0.717, 1.165) is 16.4 Å². The maximum Gasteiger partial charge on any atom is 0.247 e. The number of halogens is 1. The van der Waals surface area contributed by atoms with Crippen molar-refractivity contribution in [2.45, 2.75) is 4.90 Å². The molecule has 0 spiro atoms. The molecule has 0 aliphatic rings. The number of likely N-dealkylation sites (N-methyl/N-ethyl adjacent to an activating group) is 2. The summed E-state index contributed by atoms with van der Waals surface area (Å²) in [6, 6.07) is 12.0. The Morgan fingerprint density at radius 1 is 1.12 bits per heavy atom. The minimum absolute atomic E-state index is 0.0112. The Hall–Kier alpha value is -2.45. The molecule has 0 radical (unpaired) electrons. The SMILES string of the molecule is COc1ccc(F)cc1S(=O)(=O)N(C)CC(=O)N(C)c1ccccc1. The third-order valence-electron chi connectivity index (χ3n) is 3.69. The third-order valence-corrected chi connectivity index (χ3v) is 5.51. The number of ether oxygens (including phenoxy) is 1. The number of anilines is 1. The molecule has 0 aromatic heterocycles. The van der Waals surface area contributed by atoms with Gasteiger partial charge in [0.2, 0.25) is 15.9 Å². The number of hydrogen-bond donors (Lipinski definition) is 0. The van der Waals surface area contributed by atoms with Gasteiger partial charge in [-0.2, -0.15) is 4.31 Å². The molecule has 0 saturated carbocycles. The van der Waals surface area contributed by atoms with Crippen LogP contribution in [0.5, 0.6) is 5.75 Å². The lowest BCUT2D eigenvalue weighted by molar-refractivity contribution is -0.118. The first-order valence-electron chi connectivity index (χ1n) is 7.39. The van der Waals surface area contributed by atoms with Crippen molar-refractivity contribution in [1.29, 1.82) is 0 Å². The van der Waals surface area contributed by atoms with E-state index in [4.69, 9.17) is 4.74 Å². The van der Waals surface area contributed by atoms with Gasteiger partial charge >= 0.3 is 0 Å². The number of hydrogen-bond acceptors (Lipinski definition) is 4. The molecule has 0 aliphatic carbocycles. The van der Waals surface area contributed by atoms with Gasteiger partial charge < -0.3 is 9.64 Å². The molecule has 8 heteroatoms. The summed E-state index contributed by atoms with van der Waals surface area (Å²) >= 11 is 0. The zero-order valence-corrected chi connectivity index (χ0v) is 15.0. The fraction of sp³-hybridized carbons (Fsp3) is 0.235. The first-order chi connectivity index (χ1) is 11.8. The first-order valence-corrected chi connectivity index (χ1v) is 8.83. The van der Waals surface area contributed by atoms with E-state index in [1.54, 1.807) is 31.3 Å². The van der Waals surface area contributed by atoms with E-state index in [2.05, 4.69) is 0 Å². The van der Waals surface area contributed by atoms with Crippen molar-refractivity contribution >= 4 is 21.6 Å². The molecule has 2 aromatic carbocycles. The second-order valence-corrected chi connectivity index (χ2v) is 7.36. The molecule has 1 amide bonds. The molecule has 0 aliphatic heterocycles. The molecular weight excluding hydrogens is 347 g/mol. The second-order valence-electron chi connectivity index (χ2n) is 5.34. The Balaban J connectivity index is 2.23. The fourth-order valence-electron chi connectivity index (χ4n) is 2.20. The van der Waals surface area contributed by atoms with Crippen LogP contribution in [0, 0.1) is 5.82 Å². The molecule has 0 unspecified atom stereocenters. The predicted octanol–water partition coefficient (Wildman–Crippen LogP) is 2.12. The van der Waals surface area contributed by atoms with E-state index in [-0.39, 0.29) is 10.6 Å². The standard InChI is InChI=1S/C17H19FN2O4S/c1-19(12-17(21)20(2)14-7-5-4-6-8-14)25(22,23)16-11-13(18)9-10-15(16)24-3/h4-11H,12H2,1-3H3. The Kier molecular flexibility index (Phi) is 5.76. The van der Waals surface area contributed by atoms with E-state index >= 15 is 0 Å². The lowest BCUT2D eigenvalue weighted by Gasteiger charge is -2.22. The average molecular weight is 366 g/mol. The van der Waals surface area contributed by atoms with Crippen molar-refractivity contribution in [3.05, 3.63) is 54.3 Å². The number of nitrogens with zero attached hydrogens (tertiary/aromatic N) is 2. The summed E-state index contributed by atoms with van der Waals surface area (Å²) in [4.78, 5) is 13.4. The van der Waals surface area contributed by atoms with Crippen molar-refractivity contribution in [2.75, 3.05) is 32.6 Å². The number of sulfonamides is 1. The monoisotopic (exact) mass is 366 g/mol. The lowest BCUT2D eigenvalue weighted by Crippen LogP contribution is -2.39. The van der Waals surface area contributed by atoms with Crippen LogP contribution in [0.2, 0.25) is 0 Å². The van der Waals surface area contributed by atoms with Crippen LogP contribution in [0.1, 0.15) is 0 Å². The van der Waals surface area contributed by atoms with E-state index < -0.39 is 28.3 Å². The summed E-state index contributed by atoms with van der Waals surface area (Å²) in [7, 11) is 0.0148. The smallest absolute Gasteiger partial charge is 0.247 e. The zero-order chi connectivity index (χ0) is 18.6. The third kappa shape index (κ3) is 4.15. The first kappa shape index (κ1) is 18.9. The molecule has 0 N–H and O–H groups in total. The van der Waals surface area contributed by atoms with E-state index in [9.17, 15) is 17.6 Å². The molecule has 6 nitrogen and oxygen atoms in total. The van der Waals surface area contributed by atoms with Gasteiger partial charge in [-0.1, -0.05) is 18.2 Å². The van der Waals surface area contributed by atoms with E-state index in [1.165, 1.54) is 25.1 Å². The molecule has 0 fully saturated rings. The highest BCUT2D eigenvalue weighted by Gasteiger charge is 2.28. The van der Waals surface area contributed by atoms with Gasteiger partial charge in [-0.3, -0.25) is 4.79 Å². The number of methoxy groups -OCH3 is 1. The van der Waals surface area contributed by atoms with Crippen molar-refractivity contribution in [2.24, 2.45) is 0 Å². The van der Waals surface area contributed by atoms with Crippen LogP contribution in [0.4, 0.5) is 10.1 Å². The number of carbonyl (C=O) groups excluding carboxylic acids is 1. The van der Waals surface area contributed by atoms with Crippen LogP contribution >= 0.6 is 0 Å². The van der Waals surface area contributed by atoms with Gasteiger partial charge in [0.25, 0.3) is 0 Å². The van der Waals surface area contributed by atoms with Crippen molar-refractivity contribution < 1.29 is 22.3 Å². The zero-order valence-electron chi connectivity index (χ0n) is 14.1. The Labute approximate surface area is 146 Å². The summed E-state index contributed by atoms with van der Waals surface area (Å²) in [5.41, 5.74) is 0.640. The molecule has 0 atom stereocenters. The summed E-state index contributed by atoms with van der Waals surface area (Å²) < 4.78 is 44.7. The largest absolute Gasteiger partial charge is 0.495 e. The van der Waals surface area contributed by atoms with Crippen LogP contribution < -0.4 is 9.64 Å². The molecule has 0 heterocycles. The number of rotatable bonds is 6. The van der Waals surface area contributed by atoms with Crippen LogP contribution in [-0.4, -0.2) is 46.4 Å². The van der Waals surface area contributed by atoms with Gasteiger partial charge in [0.15, 0.2) is 0 Å². The van der Waals surface area contributed by atoms with Crippen LogP contribution in [-0.2, 0) is 14.8 Å².